The van der Waals surface area contributed by atoms with Crippen LogP contribution in [0, 0.1) is 0 Å². The minimum Gasteiger partial charge on any atom is -0.750 e. The molecule has 0 aromatic rings. The second-order valence-corrected chi connectivity index (χ2v) is 1.19. The van der Waals surface area contributed by atoms with Crippen LogP contribution < -0.4 is 29.6 Å². The van der Waals surface area contributed by atoms with Gasteiger partial charge in [0, 0.05) is 6.08 Å². The number of hydrogen-bond donors (Lipinski definition) is 2. The first kappa shape index (κ1) is 16.7. The maximum Gasteiger partial charge on any atom is 1.00 e. The summed E-state index contributed by atoms with van der Waals surface area (Å²) in [7, 11) is 0. The number of rotatable bonds is 1. The molecule has 2 N–H and O–H groups in total. The van der Waals surface area contributed by atoms with Crippen LogP contribution in [0.25, 0.3) is 0 Å². The van der Waals surface area contributed by atoms with Gasteiger partial charge in [-0.25, -0.2) is 9.00 Å². The predicted molar refractivity (Wildman–Crippen MR) is 29.4 cm³/mol. The quantitative estimate of drug-likeness (QED) is 0.246. The van der Waals surface area contributed by atoms with Crippen LogP contribution in [0.5, 0.6) is 0 Å². The molecule has 1 atom stereocenters. The third kappa shape index (κ3) is 84.4. The second kappa shape index (κ2) is 12.0. The molecule has 1 unspecified atom stereocenters. The molecule has 0 aromatic carbocycles. The molecular weight excluding hydrogens is 171 g/mol. The Morgan fingerprint density at radius 2 is 1.80 bits per heavy atom. The molecule has 0 saturated heterocycles. The molecule has 0 rings (SSSR count). The summed E-state index contributed by atoms with van der Waals surface area (Å²) < 4.78 is 24.1. The molecule has 0 aliphatic rings. The fourth-order valence-electron chi connectivity index (χ4n) is 0. The normalized spacial score (nSPS) is 9.40. The van der Waals surface area contributed by atoms with Crippen LogP contribution in [0.2, 0.25) is 0 Å². The summed E-state index contributed by atoms with van der Waals surface area (Å²) in [4.78, 5) is 9.25. The first-order valence-corrected chi connectivity index (χ1v) is 2.67. The van der Waals surface area contributed by atoms with Crippen LogP contribution in [0.15, 0.2) is 12.7 Å². The molecule has 0 heterocycles. The van der Waals surface area contributed by atoms with Crippen molar-refractivity contribution < 1.29 is 52.8 Å². The van der Waals surface area contributed by atoms with E-state index in [1.165, 1.54) is 0 Å². The van der Waals surface area contributed by atoms with Crippen molar-refractivity contribution in [1.82, 2.24) is 0 Å². The average Bonchev–Trinajstić information content (AvgIpc) is 1.65. The van der Waals surface area contributed by atoms with E-state index >= 15 is 0 Å². The second-order valence-electron chi connectivity index (χ2n) is 0.759. The fraction of sp³-hybridized carbons (Fsp3) is 0. The van der Waals surface area contributed by atoms with Crippen molar-refractivity contribution in [1.29, 1.82) is 0 Å². The van der Waals surface area contributed by atoms with E-state index in [9.17, 15) is 4.79 Å². The van der Waals surface area contributed by atoms with Crippen molar-refractivity contribution >= 4 is 17.3 Å². The molecule has 0 aliphatic carbocycles. The predicted octanol–water partition coefficient (Wildman–Crippen LogP) is -3.40. The van der Waals surface area contributed by atoms with Gasteiger partial charge in [-0.15, -0.1) is 0 Å². The van der Waals surface area contributed by atoms with E-state index in [1.807, 2.05) is 0 Å². The molecule has 0 fully saturated rings. The van der Waals surface area contributed by atoms with Crippen LogP contribution in [-0.4, -0.2) is 24.4 Å². The number of carboxylic acids is 1. The van der Waals surface area contributed by atoms with Crippen LogP contribution >= 0.6 is 0 Å². The zero-order valence-electron chi connectivity index (χ0n) is 5.31. The molecule has 0 aliphatic heterocycles. The third-order valence-corrected chi connectivity index (χ3v) is 0.175. The summed E-state index contributed by atoms with van der Waals surface area (Å²) in [6.45, 7) is 2.96. The number of carboxylic acid groups (broad SMARTS) is 1. The molecule has 0 saturated carbocycles. The molecular formula is C3H5NaO5S. The summed E-state index contributed by atoms with van der Waals surface area (Å²) >= 11 is -2.86. The zero-order valence-corrected chi connectivity index (χ0v) is 8.13. The fourth-order valence-corrected chi connectivity index (χ4v) is 0. The van der Waals surface area contributed by atoms with Gasteiger partial charge in [0.2, 0.25) is 0 Å². The molecule has 7 heteroatoms. The number of carbonyl (C=O) groups is 1. The minimum absolute atomic E-state index is 0. The van der Waals surface area contributed by atoms with Gasteiger partial charge in [0.15, 0.2) is 0 Å². The topological polar surface area (TPSA) is 97.7 Å². The molecule has 0 radical (unpaired) electrons. The minimum atomic E-state index is -2.86. The van der Waals surface area contributed by atoms with Crippen LogP contribution in [-0.2, 0) is 16.2 Å². The SMILES string of the molecule is C=CC(=O)O.O=S([O-])O.[Na+]. The standard InChI is InChI=1S/C3H4O2.Na.H2O3S/c1-2-3(4)5;;1-4(2)3/h2H,1H2,(H,4,5);;(H2,1,2,3)/q;+1;/p-1. The summed E-state index contributed by atoms with van der Waals surface area (Å²) in [5.41, 5.74) is 0. The van der Waals surface area contributed by atoms with Gasteiger partial charge >= 0.3 is 35.5 Å². The maximum atomic E-state index is 9.25. The smallest absolute Gasteiger partial charge is 0.750 e. The Morgan fingerprint density at radius 3 is 1.80 bits per heavy atom. The van der Waals surface area contributed by atoms with E-state index in [4.69, 9.17) is 18.4 Å². The first-order chi connectivity index (χ1) is 4.00. The van der Waals surface area contributed by atoms with Crippen LogP contribution in [0.4, 0.5) is 0 Å². The van der Waals surface area contributed by atoms with Gasteiger partial charge in [-0.1, -0.05) is 6.58 Å². The van der Waals surface area contributed by atoms with Crippen molar-refractivity contribution in [2.24, 2.45) is 0 Å². The third-order valence-electron chi connectivity index (χ3n) is 0.175. The Hall–Kier alpha value is 0.280. The van der Waals surface area contributed by atoms with Crippen molar-refractivity contribution in [3.05, 3.63) is 12.7 Å². The van der Waals surface area contributed by atoms with E-state index in [2.05, 4.69) is 6.58 Å². The summed E-state index contributed by atoms with van der Waals surface area (Å²) in [6.07, 6.45) is 0.833. The van der Waals surface area contributed by atoms with Crippen LogP contribution in [0.1, 0.15) is 0 Å². The maximum absolute atomic E-state index is 9.25. The van der Waals surface area contributed by atoms with Crippen molar-refractivity contribution in [3.63, 3.8) is 0 Å². The molecule has 0 spiro atoms. The van der Waals surface area contributed by atoms with Crippen molar-refractivity contribution in [3.8, 4) is 0 Å². The molecule has 10 heavy (non-hydrogen) atoms. The average molecular weight is 176 g/mol. The monoisotopic (exact) mass is 176 g/mol. The van der Waals surface area contributed by atoms with Gasteiger partial charge in [0.1, 0.15) is 0 Å². The van der Waals surface area contributed by atoms with Gasteiger partial charge in [0.25, 0.3) is 0 Å². The summed E-state index contributed by atoms with van der Waals surface area (Å²) in [5.74, 6) is -0.981. The first-order valence-electron chi connectivity index (χ1n) is 1.64. The van der Waals surface area contributed by atoms with E-state index in [0.29, 0.717) is 0 Å². The van der Waals surface area contributed by atoms with Gasteiger partial charge in [-0.05, 0) is 0 Å². The van der Waals surface area contributed by atoms with Gasteiger partial charge < -0.3 is 14.2 Å². The summed E-state index contributed by atoms with van der Waals surface area (Å²) in [6, 6.07) is 0. The zero-order chi connectivity index (χ0) is 7.86. The van der Waals surface area contributed by atoms with E-state index in [1.54, 1.807) is 0 Å². The molecule has 0 aromatic heterocycles. The Bertz CT molecular complexity index is 120. The van der Waals surface area contributed by atoms with Gasteiger partial charge in [-0.2, -0.15) is 0 Å². The molecule has 0 amide bonds. The molecule has 0 bridgehead atoms. The van der Waals surface area contributed by atoms with E-state index in [-0.39, 0.29) is 29.6 Å². The van der Waals surface area contributed by atoms with E-state index < -0.39 is 17.3 Å². The number of aliphatic carboxylic acids is 1. The summed E-state index contributed by atoms with van der Waals surface area (Å²) in [5, 5.41) is 7.60. The van der Waals surface area contributed by atoms with Crippen molar-refractivity contribution in [2.45, 2.75) is 0 Å². The Morgan fingerprint density at radius 1 is 1.70 bits per heavy atom. The number of hydrogen-bond acceptors (Lipinski definition) is 3. The Labute approximate surface area is 82.5 Å². The van der Waals surface area contributed by atoms with Gasteiger partial charge in [0.05, 0.1) is 11.4 Å². The Balaban J connectivity index is -0.0000000910. The Kier molecular flexibility index (Phi) is 20.1. The largest absolute Gasteiger partial charge is 1.00 e. The van der Waals surface area contributed by atoms with Crippen molar-refractivity contribution in [2.75, 3.05) is 0 Å². The van der Waals surface area contributed by atoms with Crippen LogP contribution in [0.3, 0.4) is 0 Å². The van der Waals surface area contributed by atoms with Gasteiger partial charge in [-0.3, -0.25) is 0 Å². The molecule has 5 nitrogen and oxygen atoms in total. The van der Waals surface area contributed by atoms with E-state index in [0.717, 1.165) is 6.08 Å². The molecule has 54 valence electrons.